The van der Waals surface area contributed by atoms with E-state index in [1.54, 1.807) is 6.07 Å². The van der Waals surface area contributed by atoms with Gasteiger partial charge in [0.2, 0.25) is 0 Å². The van der Waals surface area contributed by atoms with Crippen molar-refractivity contribution in [3.8, 4) is 11.5 Å². The summed E-state index contributed by atoms with van der Waals surface area (Å²) in [6, 6.07) is 13.3. The maximum absolute atomic E-state index is 5.74. The fourth-order valence-corrected chi connectivity index (χ4v) is 1.84. The van der Waals surface area contributed by atoms with E-state index in [2.05, 4.69) is 10.6 Å². The number of hydrogen-bond donors (Lipinski definition) is 3. The van der Waals surface area contributed by atoms with Crippen molar-refractivity contribution < 1.29 is 4.74 Å². The first-order valence-corrected chi connectivity index (χ1v) is 5.46. The van der Waals surface area contributed by atoms with Crippen LogP contribution < -0.4 is 21.1 Å². The van der Waals surface area contributed by atoms with Gasteiger partial charge >= 0.3 is 0 Å². The molecule has 1 heterocycles. The average Bonchev–Trinajstić information content (AvgIpc) is 2.76. The summed E-state index contributed by atoms with van der Waals surface area (Å²) < 4.78 is 5.74. The minimum atomic E-state index is 0.698. The molecule has 4 heteroatoms. The van der Waals surface area contributed by atoms with Crippen LogP contribution in [0.25, 0.3) is 0 Å². The Kier molecular flexibility index (Phi) is 2.26. The molecule has 0 amide bonds. The first kappa shape index (κ1) is 9.84. The van der Waals surface area contributed by atoms with Gasteiger partial charge in [-0.2, -0.15) is 0 Å². The maximum Gasteiger partial charge on any atom is 0.129 e. The number of hydrogen-bond acceptors (Lipinski definition) is 4. The first-order valence-electron chi connectivity index (χ1n) is 5.46. The topological polar surface area (TPSA) is 59.3 Å². The molecule has 2 aromatic carbocycles. The van der Waals surface area contributed by atoms with E-state index in [4.69, 9.17) is 10.5 Å². The molecule has 86 valence electrons. The highest BCUT2D eigenvalue weighted by Crippen LogP contribution is 2.32. The Morgan fingerprint density at radius 2 is 1.76 bits per heavy atom. The van der Waals surface area contributed by atoms with Gasteiger partial charge in [0.05, 0.1) is 18.0 Å². The first-order chi connectivity index (χ1) is 8.31. The fourth-order valence-electron chi connectivity index (χ4n) is 1.84. The second-order valence-electron chi connectivity index (χ2n) is 3.91. The molecule has 17 heavy (non-hydrogen) atoms. The Hall–Kier alpha value is -2.36. The molecule has 0 atom stereocenters. The lowest BCUT2D eigenvalue weighted by Crippen LogP contribution is -1.98. The minimum absolute atomic E-state index is 0.698. The second kappa shape index (κ2) is 3.90. The zero-order valence-electron chi connectivity index (χ0n) is 9.23. The fraction of sp³-hybridized carbons (Fsp3) is 0.0769. The van der Waals surface area contributed by atoms with Gasteiger partial charge in [-0.25, -0.2) is 0 Å². The van der Waals surface area contributed by atoms with Crippen LogP contribution >= 0.6 is 0 Å². The van der Waals surface area contributed by atoms with Crippen molar-refractivity contribution in [3.05, 3.63) is 42.5 Å². The average molecular weight is 227 g/mol. The van der Waals surface area contributed by atoms with Crippen molar-refractivity contribution in [2.75, 3.05) is 23.0 Å². The monoisotopic (exact) mass is 227 g/mol. The van der Waals surface area contributed by atoms with Crippen LogP contribution in [0, 0.1) is 0 Å². The lowest BCUT2D eigenvalue weighted by atomic mass is 10.2. The molecule has 0 unspecified atom stereocenters. The van der Waals surface area contributed by atoms with E-state index in [1.807, 2.05) is 36.4 Å². The molecule has 0 radical (unpaired) electrons. The predicted molar refractivity (Wildman–Crippen MR) is 69.5 cm³/mol. The second-order valence-corrected chi connectivity index (χ2v) is 3.91. The highest BCUT2D eigenvalue weighted by atomic mass is 16.5. The molecule has 0 fully saturated rings. The predicted octanol–water partition coefficient (Wildman–Crippen LogP) is 2.86. The number of anilines is 3. The lowest BCUT2D eigenvalue weighted by molar-refractivity contribution is 0.483. The number of benzene rings is 2. The third kappa shape index (κ3) is 1.97. The van der Waals surface area contributed by atoms with E-state index >= 15 is 0 Å². The minimum Gasteiger partial charge on any atom is -0.457 e. The Labute approximate surface area is 99.4 Å². The van der Waals surface area contributed by atoms with Crippen molar-refractivity contribution in [2.45, 2.75) is 0 Å². The van der Waals surface area contributed by atoms with Crippen LogP contribution in [-0.2, 0) is 0 Å². The molecule has 0 saturated heterocycles. The SMILES string of the molecule is Nc1cccc(Oc2ccc3c(c2)NCN3)c1. The summed E-state index contributed by atoms with van der Waals surface area (Å²) in [4.78, 5) is 0. The van der Waals surface area contributed by atoms with Gasteiger partial charge in [0, 0.05) is 17.8 Å². The van der Waals surface area contributed by atoms with E-state index in [0.717, 1.165) is 29.5 Å². The van der Waals surface area contributed by atoms with E-state index in [1.165, 1.54) is 0 Å². The summed E-state index contributed by atoms with van der Waals surface area (Å²) in [5, 5.41) is 6.44. The van der Waals surface area contributed by atoms with Gasteiger partial charge in [0.1, 0.15) is 11.5 Å². The Bertz CT molecular complexity index is 554. The van der Waals surface area contributed by atoms with Crippen molar-refractivity contribution in [3.63, 3.8) is 0 Å². The summed E-state index contributed by atoms with van der Waals surface area (Å²) in [6.07, 6.45) is 0. The molecule has 1 aliphatic heterocycles. The Morgan fingerprint density at radius 1 is 0.941 bits per heavy atom. The molecule has 1 aliphatic rings. The lowest BCUT2D eigenvalue weighted by Gasteiger charge is -2.07. The molecular formula is C13H13N3O. The quantitative estimate of drug-likeness (QED) is 0.690. The maximum atomic E-state index is 5.74. The highest BCUT2D eigenvalue weighted by Gasteiger charge is 2.09. The molecule has 0 aromatic heterocycles. The molecule has 0 bridgehead atoms. The summed E-state index contributed by atoms with van der Waals surface area (Å²) >= 11 is 0. The van der Waals surface area contributed by atoms with E-state index in [-0.39, 0.29) is 0 Å². The number of rotatable bonds is 2. The molecule has 4 N–H and O–H groups in total. The number of nitrogen functional groups attached to an aromatic ring is 1. The van der Waals surface area contributed by atoms with Crippen molar-refractivity contribution in [1.29, 1.82) is 0 Å². The number of nitrogens with two attached hydrogens (primary N) is 1. The number of fused-ring (bicyclic) bond motifs is 1. The van der Waals surface area contributed by atoms with Crippen molar-refractivity contribution in [1.82, 2.24) is 0 Å². The van der Waals surface area contributed by atoms with E-state index in [0.29, 0.717) is 5.69 Å². The standard InChI is InChI=1S/C13H13N3O/c14-9-2-1-3-10(6-9)17-11-4-5-12-13(7-11)16-8-15-12/h1-7,15-16H,8,14H2. The van der Waals surface area contributed by atoms with Crippen LogP contribution in [0.4, 0.5) is 17.1 Å². The summed E-state index contributed by atoms with van der Waals surface area (Å²) in [5.74, 6) is 1.54. The Morgan fingerprint density at radius 3 is 2.65 bits per heavy atom. The van der Waals surface area contributed by atoms with Gasteiger partial charge in [-0.3, -0.25) is 0 Å². The number of ether oxygens (including phenoxy) is 1. The van der Waals surface area contributed by atoms with Gasteiger partial charge in [0.15, 0.2) is 0 Å². The molecule has 3 rings (SSSR count). The molecule has 2 aromatic rings. The summed E-state index contributed by atoms with van der Waals surface area (Å²) in [7, 11) is 0. The van der Waals surface area contributed by atoms with Crippen LogP contribution in [0.2, 0.25) is 0 Å². The zero-order valence-corrected chi connectivity index (χ0v) is 9.23. The summed E-state index contributed by atoms with van der Waals surface area (Å²) in [5.41, 5.74) is 8.56. The van der Waals surface area contributed by atoms with Gasteiger partial charge < -0.3 is 21.1 Å². The largest absolute Gasteiger partial charge is 0.457 e. The van der Waals surface area contributed by atoms with Crippen LogP contribution in [-0.4, -0.2) is 6.67 Å². The van der Waals surface area contributed by atoms with Gasteiger partial charge in [-0.05, 0) is 24.3 Å². The van der Waals surface area contributed by atoms with Gasteiger partial charge in [-0.1, -0.05) is 6.07 Å². The highest BCUT2D eigenvalue weighted by molar-refractivity contribution is 5.74. The van der Waals surface area contributed by atoms with Crippen LogP contribution in [0.5, 0.6) is 11.5 Å². The van der Waals surface area contributed by atoms with Gasteiger partial charge in [-0.15, -0.1) is 0 Å². The van der Waals surface area contributed by atoms with Crippen LogP contribution in [0.15, 0.2) is 42.5 Å². The van der Waals surface area contributed by atoms with Crippen LogP contribution in [0.3, 0.4) is 0 Å². The molecule has 0 aliphatic carbocycles. The van der Waals surface area contributed by atoms with E-state index < -0.39 is 0 Å². The molecule has 0 saturated carbocycles. The normalized spacial score (nSPS) is 12.5. The van der Waals surface area contributed by atoms with Crippen LogP contribution in [0.1, 0.15) is 0 Å². The van der Waals surface area contributed by atoms with Crippen molar-refractivity contribution in [2.24, 2.45) is 0 Å². The third-order valence-corrected chi connectivity index (χ3v) is 2.64. The smallest absolute Gasteiger partial charge is 0.129 e. The molecular weight excluding hydrogens is 214 g/mol. The number of nitrogens with one attached hydrogen (secondary N) is 2. The van der Waals surface area contributed by atoms with Crippen molar-refractivity contribution >= 4 is 17.1 Å². The third-order valence-electron chi connectivity index (χ3n) is 2.64. The zero-order chi connectivity index (χ0) is 11.7. The molecule has 0 spiro atoms. The van der Waals surface area contributed by atoms with E-state index in [9.17, 15) is 0 Å². The molecule has 4 nitrogen and oxygen atoms in total. The van der Waals surface area contributed by atoms with Gasteiger partial charge in [0.25, 0.3) is 0 Å². The Balaban J connectivity index is 1.86. The summed E-state index contributed by atoms with van der Waals surface area (Å²) in [6.45, 7) is 0.761.